The van der Waals surface area contributed by atoms with E-state index in [4.69, 9.17) is 21.2 Å². The third-order valence-electron chi connectivity index (χ3n) is 2.23. The smallest absolute Gasteiger partial charge is 0.0916 e. The van der Waals surface area contributed by atoms with Gasteiger partial charge in [-0.2, -0.15) is 10.6 Å². The quantitative estimate of drug-likeness (QED) is 0.583. The molecule has 0 atom stereocenters. The fourth-order valence-corrected chi connectivity index (χ4v) is 1.69. The van der Waals surface area contributed by atoms with Crippen LogP contribution < -0.4 is 5.48 Å². The van der Waals surface area contributed by atoms with Crippen molar-refractivity contribution in [2.75, 3.05) is 20.3 Å². The number of nitrogens with one attached hydrogen (secondary N) is 1. The second-order valence-electron chi connectivity index (χ2n) is 3.35. The lowest BCUT2D eigenvalue weighted by molar-refractivity contribution is 0.00258. The number of nitrogens with zero attached hydrogens (tertiary/aromatic N) is 2. The molecule has 0 fully saturated rings. The maximum Gasteiger partial charge on any atom is 0.0916 e. The van der Waals surface area contributed by atoms with E-state index < -0.39 is 0 Å². The van der Waals surface area contributed by atoms with E-state index in [1.165, 1.54) is 0 Å². The summed E-state index contributed by atoms with van der Waals surface area (Å²) < 4.78 is 6.63. The van der Waals surface area contributed by atoms with Gasteiger partial charge < -0.3 is 4.74 Å². The summed E-state index contributed by atoms with van der Waals surface area (Å²) >= 11 is 6.17. The largest absolute Gasteiger partial charge is 0.382 e. The van der Waals surface area contributed by atoms with E-state index in [0.29, 0.717) is 24.8 Å². The number of hydrogen-bond donors (Lipinski definition) is 1. The van der Waals surface area contributed by atoms with Gasteiger partial charge in [-0.3, -0.25) is 9.52 Å². The SMILES string of the molecule is CCc1nn(C)c(CNOCCOC)c1Cl. The molecule has 16 heavy (non-hydrogen) atoms. The van der Waals surface area contributed by atoms with Gasteiger partial charge >= 0.3 is 0 Å². The van der Waals surface area contributed by atoms with Crippen LogP contribution in [0.2, 0.25) is 5.02 Å². The van der Waals surface area contributed by atoms with Crippen LogP contribution in [0.4, 0.5) is 0 Å². The molecule has 6 heteroatoms. The Morgan fingerprint density at radius 2 is 2.19 bits per heavy atom. The number of methoxy groups -OCH3 is 1. The van der Waals surface area contributed by atoms with Crippen LogP contribution in [-0.2, 0) is 29.6 Å². The molecule has 0 aliphatic heterocycles. The highest BCUT2D eigenvalue weighted by Crippen LogP contribution is 2.20. The summed E-state index contributed by atoms with van der Waals surface area (Å²) in [6.45, 7) is 3.63. The average molecular weight is 248 g/mol. The van der Waals surface area contributed by atoms with Crippen LogP contribution in [0.3, 0.4) is 0 Å². The Labute approximate surface area is 101 Å². The zero-order valence-electron chi connectivity index (χ0n) is 9.92. The Bertz CT molecular complexity index is 328. The molecular formula is C10H18ClN3O2. The standard InChI is InChI=1S/C10H18ClN3O2/c1-4-8-10(11)9(14(2)13-8)7-12-16-6-5-15-3/h12H,4-7H2,1-3H3. The molecule has 0 radical (unpaired) electrons. The number of halogens is 1. The molecule has 1 rings (SSSR count). The van der Waals surface area contributed by atoms with Gasteiger partial charge in [0, 0.05) is 14.2 Å². The summed E-state index contributed by atoms with van der Waals surface area (Å²) in [6.07, 6.45) is 0.831. The van der Waals surface area contributed by atoms with Gasteiger partial charge in [-0.25, -0.2) is 0 Å². The normalized spacial score (nSPS) is 11.0. The molecule has 0 spiro atoms. The fourth-order valence-electron chi connectivity index (χ4n) is 1.33. The summed E-state index contributed by atoms with van der Waals surface area (Å²) in [5, 5.41) is 5.02. The maximum atomic E-state index is 6.17. The van der Waals surface area contributed by atoms with Gasteiger partial charge in [-0.15, -0.1) is 0 Å². The summed E-state index contributed by atoms with van der Waals surface area (Å²) in [6, 6.07) is 0. The predicted molar refractivity (Wildman–Crippen MR) is 62.3 cm³/mol. The van der Waals surface area contributed by atoms with Crippen LogP contribution in [-0.4, -0.2) is 30.1 Å². The third-order valence-corrected chi connectivity index (χ3v) is 2.67. The van der Waals surface area contributed by atoms with Crippen molar-refractivity contribution >= 4 is 11.6 Å². The molecular weight excluding hydrogens is 230 g/mol. The van der Waals surface area contributed by atoms with Crippen LogP contribution in [0.15, 0.2) is 0 Å². The van der Waals surface area contributed by atoms with Crippen molar-refractivity contribution in [1.82, 2.24) is 15.3 Å². The lowest BCUT2D eigenvalue weighted by Crippen LogP contribution is -2.19. The summed E-state index contributed by atoms with van der Waals surface area (Å²) in [5.74, 6) is 0. The Morgan fingerprint density at radius 1 is 1.44 bits per heavy atom. The highest BCUT2D eigenvalue weighted by molar-refractivity contribution is 6.31. The van der Waals surface area contributed by atoms with Crippen molar-refractivity contribution in [2.45, 2.75) is 19.9 Å². The van der Waals surface area contributed by atoms with E-state index in [9.17, 15) is 0 Å². The second kappa shape index (κ2) is 6.85. The van der Waals surface area contributed by atoms with Gasteiger partial charge in [-0.1, -0.05) is 18.5 Å². The first kappa shape index (κ1) is 13.4. The van der Waals surface area contributed by atoms with Crippen molar-refractivity contribution in [3.8, 4) is 0 Å². The monoisotopic (exact) mass is 247 g/mol. The predicted octanol–water partition coefficient (Wildman–Crippen LogP) is 1.30. The number of rotatable bonds is 7. The fraction of sp³-hybridized carbons (Fsp3) is 0.700. The zero-order valence-corrected chi connectivity index (χ0v) is 10.7. The molecule has 92 valence electrons. The van der Waals surface area contributed by atoms with E-state index in [-0.39, 0.29) is 0 Å². The molecule has 0 unspecified atom stereocenters. The molecule has 0 amide bonds. The van der Waals surface area contributed by atoms with Gasteiger partial charge in [-0.05, 0) is 6.42 Å². The average Bonchev–Trinajstić information content (AvgIpc) is 2.55. The Hall–Kier alpha value is -0.620. The highest BCUT2D eigenvalue weighted by atomic mass is 35.5. The van der Waals surface area contributed by atoms with Crippen LogP contribution in [0.1, 0.15) is 18.3 Å². The van der Waals surface area contributed by atoms with E-state index in [2.05, 4.69) is 10.6 Å². The van der Waals surface area contributed by atoms with E-state index >= 15 is 0 Å². The molecule has 1 heterocycles. The second-order valence-corrected chi connectivity index (χ2v) is 3.72. The molecule has 1 aromatic heterocycles. The molecule has 5 nitrogen and oxygen atoms in total. The molecule has 1 aromatic rings. The maximum absolute atomic E-state index is 6.17. The van der Waals surface area contributed by atoms with Crippen LogP contribution in [0, 0.1) is 0 Å². The van der Waals surface area contributed by atoms with Crippen LogP contribution in [0.25, 0.3) is 0 Å². The first-order chi connectivity index (χ1) is 7.70. The minimum atomic E-state index is 0.507. The van der Waals surface area contributed by atoms with Gasteiger partial charge in [0.1, 0.15) is 0 Å². The van der Waals surface area contributed by atoms with Crippen molar-refractivity contribution in [3.63, 3.8) is 0 Å². The number of hydrogen-bond acceptors (Lipinski definition) is 4. The minimum absolute atomic E-state index is 0.507. The van der Waals surface area contributed by atoms with Gasteiger partial charge in [0.2, 0.25) is 0 Å². The summed E-state index contributed by atoms with van der Waals surface area (Å²) in [4.78, 5) is 5.16. The molecule has 0 saturated heterocycles. The van der Waals surface area contributed by atoms with E-state index in [1.54, 1.807) is 11.8 Å². The molecule has 0 aliphatic carbocycles. The topological polar surface area (TPSA) is 48.3 Å². The van der Waals surface area contributed by atoms with Gasteiger partial charge in [0.15, 0.2) is 0 Å². The van der Waals surface area contributed by atoms with Crippen molar-refractivity contribution in [3.05, 3.63) is 16.4 Å². The van der Waals surface area contributed by atoms with Gasteiger partial charge in [0.25, 0.3) is 0 Å². The lowest BCUT2D eigenvalue weighted by Gasteiger charge is -2.06. The van der Waals surface area contributed by atoms with Crippen molar-refractivity contribution in [2.24, 2.45) is 7.05 Å². The Kier molecular flexibility index (Phi) is 5.76. The highest BCUT2D eigenvalue weighted by Gasteiger charge is 2.12. The first-order valence-electron chi connectivity index (χ1n) is 5.24. The summed E-state index contributed by atoms with van der Waals surface area (Å²) in [5.41, 5.74) is 4.67. The third kappa shape index (κ3) is 3.45. The Morgan fingerprint density at radius 3 is 2.75 bits per heavy atom. The molecule has 1 N–H and O–H groups in total. The van der Waals surface area contributed by atoms with Crippen LogP contribution in [0.5, 0.6) is 0 Å². The zero-order chi connectivity index (χ0) is 12.0. The number of ether oxygens (including phenoxy) is 1. The van der Waals surface area contributed by atoms with E-state index in [0.717, 1.165) is 17.8 Å². The molecule has 0 aromatic carbocycles. The number of aromatic nitrogens is 2. The van der Waals surface area contributed by atoms with Crippen molar-refractivity contribution in [1.29, 1.82) is 0 Å². The van der Waals surface area contributed by atoms with E-state index in [1.807, 2.05) is 14.0 Å². The van der Waals surface area contributed by atoms with Crippen molar-refractivity contribution < 1.29 is 9.57 Å². The molecule has 0 saturated carbocycles. The minimum Gasteiger partial charge on any atom is -0.382 e. The van der Waals surface area contributed by atoms with Crippen LogP contribution >= 0.6 is 11.6 Å². The summed E-state index contributed by atoms with van der Waals surface area (Å²) in [7, 11) is 3.51. The number of hydroxylamine groups is 1. The first-order valence-corrected chi connectivity index (χ1v) is 5.62. The molecule has 0 bridgehead atoms. The number of aryl methyl sites for hydroxylation is 2. The molecule has 0 aliphatic rings. The van der Waals surface area contributed by atoms with Gasteiger partial charge in [0.05, 0.1) is 36.2 Å². The lowest BCUT2D eigenvalue weighted by atomic mass is 10.3. The Balaban J connectivity index is 2.44.